The average Bonchev–Trinajstić information content (AvgIpc) is 2.47. The number of aromatic nitrogens is 1. The molecule has 4 heteroatoms. The minimum Gasteiger partial charge on any atom is -0.478 e. The van der Waals surface area contributed by atoms with E-state index in [4.69, 9.17) is 5.11 Å². The minimum absolute atomic E-state index is 0.251. The molecule has 0 bridgehead atoms. The van der Waals surface area contributed by atoms with Gasteiger partial charge < -0.3 is 10.2 Å². The van der Waals surface area contributed by atoms with E-state index < -0.39 is 12.1 Å². The molecule has 0 fully saturated rings. The lowest BCUT2D eigenvalue weighted by Crippen LogP contribution is -2.00. The highest BCUT2D eigenvalue weighted by molar-refractivity contribution is 5.91. The number of aliphatic hydroxyl groups is 1. The van der Waals surface area contributed by atoms with Gasteiger partial charge >= 0.3 is 5.97 Å². The summed E-state index contributed by atoms with van der Waals surface area (Å²) < 4.78 is 0. The quantitative estimate of drug-likeness (QED) is 0.837. The predicted molar refractivity (Wildman–Crippen MR) is 76.0 cm³/mol. The molecule has 0 radical (unpaired) electrons. The van der Waals surface area contributed by atoms with Crippen molar-refractivity contribution in [3.05, 3.63) is 71.1 Å². The molecule has 4 nitrogen and oxygen atoms in total. The maximum Gasteiger partial charge on any atom is 0.331 e. The number of hydrogen-bond acceptors (Lipinski definition) is 3. The van der Waals surface area contributed by atoms with Crippen LogP contribution in [0.3, 0.4) is 0 Å². The third kappa shape index (κ3) is 3.30. The number of hydrogen-bond donors (Lipinski definition) is 2. The summed E-state index contributed by atoms with van der Waals surface area (Å²) >= 11 is 0. The topological polar surface area (TPSA) is 70.4 Å². The van der Waals surface area contributed by atoms with Gasteiger partial charge in [-0.2, -0.15) is 0 Å². The van der Waals surface area contributed by atoms with E-state index in [0.29, 0.717) is 5.56 Å². The Morgan fingerprint density at radius 1 is 1.20 bits per heavy atom. The molecule has 0 aliphatic rings. The van der Waals surface area contributed by atoms with Gasteiger partial charge in [-0.1, -0.05) is 18.2 Å². The standard InChI is InChI=1S/C16H15NO3/c1-11(16(19)20)9-12-3-2-4-14(10-12)15(18)13-5-7-17-8-6-13/h2-10,15,18H,1H3,(H,19,20)/b11-9+. The molecule has 1 atom stereocenters. The van der Waals surface area contributed by atoms with Gasteiger partial charge in [0.15, 0.2) is 0 Å². The molecule has 1 aromatic carbocycles. The van der Waals surface area contributed by atoms with Crippen LogP contribution in [0.5, 0.6) is 0 Å². The Morgan fingerprint density at radius 3 is 2.55 bits per heavy atom. The van der Waals surface area contributed by atoms with Gasteiger partial charge in [0.05, 0.1) is 0 Å². The third-order valence-corrected chi connectivity index (χ3v) is 2.97. The third-order valence-electron chi connectivity index (χ3n) is 2.97. The summed E-state index contributed by atoms with van der Waals surface area (Å²) in [6, 6.07) is 10.7. The number of rotatable bonds is 4. The molecule has 0 saturated carbocycles. The van der Waals surface area contributed by atoms with E-state index in [2.05, 4.69) is 4.98 Å². The van der Waals surface area contributed by atoms with Gasteiger partial charge in [0.25, 0.3) is 0 Å². The SMILES string of the molecule is C/C(=C\c1cccc(C(O)c2ccncc2)c1)C(=O)O. The van der Waals surface area contributed by atoms with Crippen LogP contribution in [0.25, 0.3) is 6.08 Å². The van der Waals surface area contributed by atoms with Crippen LogP contribution in [0.15, 0.2) is 54.4 Å². The lowest BCUT2D eigenvalue weighted by Gasteiger charge is -2.11. The normalized spacial score (nSPS) is 13.0. The van der Waals surface area contributed by atoms with Crippen LogP contribution in [0, 0.1) is 0 Å². The van der Waals surface area contributed by atoms with Gasteiger partial charge in [0.2, 0.25) is 0 Å². The van der Waals surface area contributed by atoms with Crippen LogP contribution < -0.4 is 0 Å². The largest absolute Gasteiger partial charge is 0.478 e. The molecule has 20 heavy (non-hydrogen) atoms. The van der Waals surface area contributed by atoms with Crippen LogP contribution in [-0.4, -0.2) is 21.2 Å². The second kappa shape index (κ2) is 6.12. The zero-order valence-corrected chi connectivity index (χ0v) is 11.0. The number of aliphatic hydroxyl groups excluding tert-OH is 1. The van der Waals surface area contributed by atoms with Crippen molar-refractivity contribution in [2.24, 2.45) is 0 Å². The Balaban J connectivity index is 2.31. The van der Waals surface area contributed by atoms with Gasteiger partial charge in [0.1, 0.15) is 6.10 Å². The molecular formula is C16H15NO3. The molecule has 0 aliphatic carbocycles. The highest BCUT2D eigenvalue weighted by atomic mass is 16.4. The Morgan fingerprint density at radius 2 is 1.90 bits per heavy atom. The van der Waals surface area contributed by atoms with Gasteiger partial charge in [-0.05, 0) is 47.9 Å². The van der Waals surface area contributed by atoms with E-state index in [1.165, 1.54) is 6.92 Å². The summed E-state index contributed by atoms with van der Waals surface area (Å²) in [5.41, 5.74) is 2.45. The van der Waals surface area contributed by atoms with Gasteiger partial charge in [-0.25, -0.2) is 4.79 Å². The number of carbonyl (C=O) groups is 1. The second-order valence-corrected chi connectivity index (χ2v) is 4.49. The fourth-order valence-corrected chi connectivity index (χ4v) is 1.87. The Bertz CT molecular complexity index is 635. The molecule has 2 rings (SSSR count). The monoisotopic (exact) mass is 269 g/mol. The van der Waals surface area contributed by atoms with E-state index in [-0.39, 0.29) is 5.57 Å². The number of carboxylic acid groups (broad SMARTS) is 1. The maximum absolute atomic E-state index is 10.8. The molecule has 0 aliphatic heterocycles. The van der Waals surface area contributed by atoms with Crippen LogP contribution in [0.2, 0.25) is 0 Å². The number of nitrogens with zero attached hydrogens (tertiary/aromatic N) is 1. The fourth-order valence-electron chi connectivity index (χ4n) is 1.87. The highest BCUT2D eigenvalue weighted by Crippen LogP contribution is 2.22. The molecule has 1 heterocycles. The van der Waals surface area contributed by atoms with Crippen molar-refractivity contribution < 1.29 is 15.0 Å². The summed E-state index contributed by atoms with van der Waals surface area (Å²) in [7, 11) is 0. The molecular weight excluding hydrogens is 254 g/mol. The molecule has 1 unspecified atom stereocenters. The van der Waals surface area contributed by atoms with Crippen LogP contribution in [0.4, 0.5) is 0 Å². The Kier molecular flexibility index (Phi) is 4.27. The van der Waals surface area contributed by atoms with Crippen LogP contribution in [0.1, 0.15) is 29.7 Å². The Labute approximate surface area is 117 Å². The molecule has 1 aromatic heterocycles. The lowest BCUT2D eigenvalue weighted by atomic mass is 10.00. The molecule has 0 amide bonds. The first-order chi connectivity index (χ1) is 9.58. The summed E-state index contributed by atoms with van der Waals surface area (Å²) in [5.74, 6) is -0.954. The van der Waals surface area contributed by atoms with E-state index in [1.807, 2.05) is 0 Å². The first-order valence-electron chi connectivity index (χ1n) is 6.17. The molecule has 102 valence electrons. The van der Waals surface area contributed by atoms with E-state index in [9.17, 15) is 9.90 Å². The summed E-state index contributed by atoms with van der Waals surface area (Å²) in [6.45, 7) is 1.54. The molecule has 2 N–H and O–H groups in total. The van der Waals surface area contributed by atoms with Crippen molar-refractivity contribution in [3.63, 3.8) is 0 Å². The first kappa shape index (κ1) is 14.0. The average molecular weight is 269 g/mol. The lowest BCUT2D eigenvalue weighted by molar-refractivity contribution is -0.132. The van der Waals surface area contributed by atoms with Crippen molar-refractivity contribution in [2.45, 2.75) is 13.0 Å². The van der Waals surface area contributed by atoms with Crippen molar-refractivity contribution in [2.75, 3.05) is 0 Å². The number of pyridine rings is 1. The molecule has 0 spiro atoms. The van der Waals surface area contributed by atoms with Gasteiger partial charge in [0, 0.05) is 18.0 Å². The van der Waals surface area contributed by atoms with Crippen molar-refractivity contribution in [1.82, 2.24) is 4.98 Å². The first-order valence-corrected chi connectivity index (χ1v) is 6.17. The summed E-state index contributed by atoms with van der Waals surface area (Å²) in [5, 5.41) is 19.2. The number of benzene rings is 1. The Hall–Kier alpha value is -2.46. The van der Waals surface area contributed by atoms with E-state index in [1.54, 1.807) is 54.9 Å². The van der Waals surface area contributed by atoms with Crippen molar-refractivity contribution in [3.8, 4) is 0 Å². The summed E-state index contributed by atoms with van der Waals surface area (Å²) in [6.07, 6.45) is 4.07. The van der Waals surface area contributed by atoms with E-state index in [0.717, 1.165) is 11.1 Å². The summed E-state index contributed by atoms with van der Waals surface area (Å²) in [4.78, 5) is 14.7. The van der Waals surface area contributed by atoms with Crippen LogP contribution in [-0.2, 0) is 4.79 Å². The van der Waals surface area contributed by atoms with Crippen molar-refractivity contribution in [1.29, 1.82) is 0 Å². The van der Waals surface area contributed by atoms with Gasteiger partial charge in [-0.15, -0.1) is 0 Å². The van der Waals surface area contributed by atoms with Gasteiger partial charge in [-0.3, -0.25) is 4.98 Å². The molecule has 2 aromatic rings. The number of aliphatic carboxylic acids is 1. The minimum atomic E-state index is -0.954. The highest BCUT2D eigenvalue weighted by Gasteiger charge is 2.10. The van der Waals surface area contributed by atoms with Crippen LogP contribution >= 0.6 is 0 Å². The maximum atomic E-state index is 10.8. The smallest absolute Gasteiger partial charge is 0.331 e. The fraction of sp³-hybridized carbons (Fsp3) is 0.125. The zero-order valence-electron chi connectivity index (χ0n) is 11.0. The zero-order chi connectivity index (χ0) is 14.5. The molecule has 0 saturated heterocycles. The predicted octanol–water partition coefficient (Wildman–Crippen LogP) is 2.65. The number of carboxylic acids is 1. The second-order valence-electron chi connectivity index (χ2n) is 4.49. The van der Waals surface area contributed by atoms with Crippen molar-refractivity contribution >= 4 is 12.0 Å². The van der Waals surface area contributed by atoms with E-state index >= 15 is 0 Å².